The maximum absolute atomic E-state index is 9.16. The van der Waals surface area contributed by atoms with Gasteiger partial charge in [0.15, 0.2) is 0 Å². The third-order valence-corrected chi connectivity index (χ3v) is 0.176. The van der Waals surface area contributed by atoms with E-state index in [1.807, 2.05) is 0 Å². The minimum Gasteiger partial charge on any atom is -0.444 e. The van der Waals surface area contributed by atoms with Crippen LogP contribution in [0, 0.1) is 17.9 Å². The van der Waals surface area contributed by atoms with E-state index in [9.17, 15) is 0 Å². The molecule has 0 rings (SSSR count). The summed E-state index contributed by atoms with van der Waals surface area (Å²) in [5.41, 5.74) is 0. The minimum atomic E-state index is 0.184. The number of carbonyl (C=O) groups excluding carboxylic acids is 1. The lowest BCUT2D eigenvalue weighted by molar-refractivity contribution is -0.125. The summed E-state index contributed by atoms with van der Waals surface area (Å²) in [7, 11) is 0. The fraction of sp³-hybridized carbons (Fsp3) is 0. The highest BCUT2D eigenvalue weighted by molar-refractivity contribution is 5.38. The lowest BCUT2D eigenvalue weighted by Crippen LogP contribution is -1.76. The Labute approximate surface area is 35.1 Å². The van der Waals surface area contributed by atoms with Gasteiger partial charge in [-0.2, -0.15) is 5.26 Å². The van der Waals surface area contributed by atoms with Crippen LogP contribution in [0.4, 0.5) is 0 Å². The molecule has 31 valence electrons. The predicted molar refractivity (Wildman–Crippen MR) is 17.1 cm³/mol. The molecule has 0 heterocycles. The van der Waals surface area contributed by atoms with Gasteiger partial charge in [-0.3, -0.25) is 4.79 Å². The first-order valence-corrected chi connectivity index (χ1v) is 1.22. The molecule has 1 radical (unpaired) electrons. The molecule has 0 unspecified atom stereocenters. The molecule has 0 N–H and O–H groups in total. The molecule has 0 saturated carbocycles. The molecule has 0 atom stereocenters. The molecule has 3 nitrogen and oxygen atoms in total. The molecular weight excluding hydrogens is 82.0 g/mol. The summed E-state index contributed by atoms with van der Waals surface area (Å²) >= 11 is 0. The van der Waals surface area contributed by atoms with Crippen molar-refractivity contribution in [3.8, 4) is 6.07 Å². The average Bonchev–Trinajstić information content (AvgIpc) is 1.61. The summed E-state index contributed by atoms with van der Waals surface area (Å²) in [5, 5.41) is 7.61. The van der Waals surface area contributed by atoms with E-state index in [1.54, 1.807) is 0 Å². The third-order valence-electron chi connectivity index (χ3n) is 0.176. The molecule has 0 aliphatic rings. The normalized spacial score (nSPS) is 5.83. The van der Waals surface area contributed by atoms with Crippen LogP contribution in [0.1, 0.15) is 0 Å². The Kier molecular flexibility index (Phi) is 3.27. The van der Waals surface area contributed by atoms with Crippen molar-refractivity contribution in [3.05, 3.63) is 6.61 Å². The molecule has 0 amide bonds. The summed E-state index contributed by atoms with van der Waals surface area (Å²) < 4.78 is 3.82. The van der Waals surface area contributed by atoms with Gasteiger partial charge < -0.3 is 4.74 Å². The molecule has 6 heavy (non-hydrogen) atoms. The van der Waals surface area contributed by atoms with E-state index in [1.165, 1.54) is 6.07 Å². The van der Waals surface area contributed by atoms with Crippen LogP contribution in [0.2, 0.25) is 0 Å². The van der Waals surface area contributed by atoms with Crippen molar-refractivity contribution in [1.82, 2.24) is 0 Å². The second-order valence-electron chi connectivity index (χ2n) is 0.479. The maximum Gasteiger partial charge on any atom is 0.294 e. The zero-order valence-corrected chi connectivity index (χ0v) is 2.92. The molecular formula is C3H2NO2. The number of rotatable bonds is 2. The molecule has 0 aromatic rings. The standard InChI is InChI=1S/C3H2NO2/c4-1-2-6-3-5/h2-3H. The Balaban J connectivity index is 2.72. The van der Waals surface area contributed by atoms with Crippen LogP contribution in [-0.2, 0) is 9.53 Å². The average molecular weight is 84.1 g/mol. The van der Waals surface area contributed by atoms with Gasteiger partial charge in [-0.1, -0.05) is 0 Å². The first-order valence-electron chi connectivity index (χ1n) is 1.22. The van der Waals surface area contributed by atoms with Gasteiger partial charge in [-0.15, -0.1) is 0 Å². The van der Waals surface area contributed by atoms with Crippen molar-refractivity contribution < 1.29 is 9.53 Å². The zero-order valence-electron chi connectivity index (χ0n) is 2.92. The highest BCUT2D eigenvalue weighted by Gasteiger charge is 1.71. The molecule has 0 aliphatic carbocycles. The van der Waals surface area contributed by atoms with E-state index in [-0.39, 0.29) is 6.47 Å². The van der Waals surface area contributed by atoms with E-state index in [4.69, 9.17) is 10.1 Å². The van der Waals surface area contributed by atoms with Gasteiger partial charge in [0.05, 0.1) is 0 Å². The second-order valence-corrected chi connectivity index (χ2v) is 0.479. The van der Waals surface area contributed by atoms with Crippen LogP contribution in [0.5, 0.6) is 0 Å². The third kappa shape index (κ3) is 2.96. The predicted octanol–water partition coefficient (Wildman–Crippen LogP) is -0.155. The van der Waals surface area contributed by atoms with Crippen LogP contribution in [0.15, 0.2) is 0 Å². The van der Waals surface area contributed by atoms with E-state index in [0.29, 0.717) is 0 Å². The van der Waals surface area contributed by atoms with E-state index < -0.39 is 0 Å². The van der Waals surface area contributed by atoms with Gasteiger partial charge in [0, 0.05) is 0 Å². The Bertz CT molecular complexity index is 73.4. The molecule has 0 aliphatic heterocycles. The first-order chi connectivity index (χ1) is 2.91. The van der Waals surface area contributed by atoms with Crippen molar-refractivity contribution in [2.45, 2.75) is 0 Å². The zero-order chi connectivity index (χ0) is 4.83. The molecule has 0 fully saturated rings. The lowest BCUT2D eigenvalue weighted by atomic mass is 10.8. The van der Waals surface area contributed by atoms with Crippen molar-refractivity contribution >= 4 is 6.47 Å². The van der Waals surface area contributed by atoms with E-state index in [2.05, 4.69) is 4.74 Å². The van der Waals surface area contributed by atoms with E-state index in [0.717, 1.165) is 6.61 Å². The van der Waals surface area contributed by atoms with Crippen molar-refractivity contribution in [1.29, 1.82) is 5.26 Å². The summed E-state index contributed by atoms with van der Waals surface area (Å²) in [4.78, 5) is 9.16. The van der Waals surface area contributed by atoms with Crippen molar-refractivity contribution in [2.75, 3.05) is 0 Å². The minimum absolute atomic E-state index is 0.184. The summed E-state index contributed by atoms with van der Waals surface area (Å²) in [6.07, 6.45) is 0. The lowest BCUT2D eigenvalue weighted by Gasteiger charge is -1.75. The van der Waals surface area contributed by atoms with Gasteiger partial charge in [0.25, 0.3) is 6.47 Å². The number of carbonyl (C=O) groups is 1. The SMILES string of the molecule is N#C[CH]OC=O. The van der Waals surface area contributed by atoms with Gasteiger partial charge >= 0.3 is 0 Å². The van der Waals surface area contributed by atoms with Crippen molar-refractivity contribution in [2.24, 2.45) is 0 Å². The maximum atomic E-state index is 9.16. The smallest absolute Gasteiger partial charge is 0.294 e. The summed E-state index contributed by atoms with van der Waals surface area (Å²) in [6, 6.07) is 1.49. The van der Waals surface area contributed by atoms with Gasteiger partial charge in [-0.05, 0) is 0 Å². The molecule has 0 aromatic carbocycles. The number of hydrogen-bond acceptors (Lipinski definition) is 3. The summed E-state index contributed by atoms with van der Waals surface area (Å²) in [5.74, 6) is 0. The molecule has 0 aromatic heterocycles. The highest BCUT2D eigenvalue weighted by atomic mass is 16.5. The topological polar surface area (TPSA) is 50.1 Å². The highest BCUT2D eigenvalue weighted by Crippen LogP contribution is 1.66. The molecule has 0 bridgehead atoms. The molecule has 0 spiro atoms. The van der Waals surface area contributed by atoms with Crippen LogP contribution in [-0.4, -0.2) is 6.47 Å². The van der Waals surface area contributed by atoms with E-state index >= 15 is 0 Å². The number of nitrogens with zero attached hydrogens (tertiary/aromatic N) is 1. The fourth-order valence-electron chi connectivity index (χ4n) is 0.0582. The Morgan fingerprint density at radius 1 is 1.83 bits per heavy atom. The van der Waals surface area contributed by atoms with Gasteiger partial charge in [0.2, 0.25) is 6.61 Å². The quantitative estimate of drug-likeness (QED) is 0.345. The van der Waals surface area contributed by atoms with Crippen molar-refractivity contribution in [3.63, 3.8) is 0 Å². The first kappa shape index (κ1) is 4.96. The largest absolute Gasteiger partial charge is 0.444 e. The summed E-state index contributed by atoms with van der Waals surface area (Å²) in [6.45, 7) is 0.927. The Morgan fingerprint density at radius 2 is 2.50 bits per heavy atom. The fourth-order valence-corrected chi connectivity index (χ4v) is 0.0582. The Hall–Kier alpha value is -1.04. The van der Waals surface area contributed by atoms with Crippen LogP contribution in [0.3, 0.4) is 0 Å². The van der Waals surface area contributed by atoms with Crippen LogP contribution in [0.25, 0.3) is 0 Å². The van der Waals surface area contributed by atoms with Crippen LogP contribution >= 0.6 is 0 Å². The second kappa shape index (κ2) is 3.96. The Morgan fingerprint density at radius 3 is 2.67 bits per heavy atom. The molecule has 3 heteroatoms. The number of ether oxygens (including phenoxy) is 1. The monoisotopic (exact) mass is 84.0 g/mol. The number of hydrogen-bond donors (Lipinski definition) is 0. The van der Waals surface area contributed by atoms with Gasteiger partial charge in [-0.25, -0.2) is 0 Å². The van der Waals surface area contributed by atoms with Crippen LogP contribution < -0.4 is 0 Å². The number of nitriles is 1. The van der Waals surface area contributed by atoms with Gasteiger partial charge in [0.1, 0.15) is 6.07 Å². The molecule has 0 saturated heterocycles.